The predicted molar refractivity (Wildman–Crippen MR) is 76.7 cm³/mol. The Balaban J connectivity index is 2.17. The van der Waals surface area contributed by atoms with E-state index in [1.54, 1.807) is 6.82 Å². The van der Waals surface area contributed by atoms with E-state index in [1.165, 1.54) is 12.1 Å². The van der Waals surface area contributed by atoms with Crippen LogP contribution in [0.25, 0.3) is 0 Å². The van der Waals surface area contributed by atoms with E-state index in [0.717, 1.165) is 5.57 Å². The highest BCUT2D eigenvalue weighted by Crippen LogP contribution is 2.21. The number of rotatable bonds is 3. The number of ketones is 1. The molecule has 0 aromatic carbocycles. The fourth-order valence-electron chi connectivity index (χ4n) is 2.01. The molecule has 0 aliphatic carbocycles. The van der Waals surface area contributed by atoms with Crippen LogP contribution in [-0.2, 0) is 0 Å². The molecule has 0 saturated heterocycles. The number of pyridine rings is 1. The van der Waals surface area contributed by atoms with Crippen LogP contribution in [0.3, 0.4) is 0 Å². The summed E-state index contributed by atoms with van der Waals surface area (Å²) in [5.74, 6) is -0.0866. The summed E-state index contributed by atoms with van der Waals surface area (Å²) in [5, 5.41) is 9.87. The Kier molecular flexibility index (Phi) is 4.63. The minimum absolute atomic E-state index is 0.0866. The third kappa shape index (κ3) is 3.57. The van der Waals surface area contributed by atoms with Crippen molar-refractivity contribution in [3.05, 3.63) is 39.7 Å². The highest BCUT2D eigenvalue weighted by molar-refractivity contribution is 6.45. The number of Topliss-reactive ketones (excluding diaryl/α,β-unsaturated/α-hetero) is 1. The zero-order valence-electron chi connectivity index (χ0n) is 10.4. The topological polar surface area (TPSA) is 53.4 Å². The number of carbonyl (C=O) groups excluding carboxylic acids is 1. The van der Waals surface area contributed by atoms with Gasteiger partial charge in [0, 0.05) is 12.1 Å². The van der Waals surface area contributed by atoms with Crippen LogP contribution in [0, 0.1) is 0 Å². The summed E-state index contributed by atoms with van der Waals surface area (Å²) in [5.41, 5.74) is 1.16. The Bertz CT molecular complexity index is 514. The van der Waals surface area contributed by atoms with Gasteiger partial charge in [-0.25, -0.2) is 4.98 Å². The maximum absolute atomic E-state index is 12.3. The van der Waals surface area contributed by atoms with Gasteiger partial charge in [-0.1, -0.05) is 29.3 Å². The van der Waals surface area contributed by atoms with Gasteiger partial charge >= 0.3 is 7.05 Å². The Labute approximate surface area is 122 Å². The molecule has 19 heavy (non-hydrogen) atoms. The number of halogens is 2. The lowest BCUT2D eigenvalue weighted by Gasteiger charge is -2.26. The normalized spacial score (nSPS) is 16.1. The molecular weight excluding hydrogens is 286 g/mol. The Morgan fingerprint density at radius 1 is 1.42 bits per heavy atom. The summed E-state index contributed by atoms with van der Waals surface area (Å²) in [6.07, 6.45) is 2.43. The van der Waals surface area contributed by atoms with E-state index in [0.29, 0.717) is 25.1 Å². The van der Waals surface area contributed by atoms with E-state index in [9.17, 15) is 9.82 Å². The van der Waals surface area contributed by atoms with Gasteiger partial charge in [0.1, 0.15) is 10.3 Å². The molecule has 1 aliphatic rings. The van der Waals surface area contributed by atoms with Crippen LogP contribution in [0.5, 0.6) is 0 Å². The molecule has 0 fully saturated rings. The summed E-state index contributed by atoms with van der Waals surface area (Å²) in [4.78, 5) is 18.0. The van der Waals surface area contributed by atoms with Crippen LogP contribution in [-0.4, -0.2) is 40.7 Å². The zero-order chi connectivity index (χ0) is 14.0. The summed E-state index contributed by atoms with van der Waals surface area (Å²) in [6, 6.07) is 3.02. The first-order valence-corrected chi connectivity index (χ1v) is 6.72. The van der Waals surface area contributed by atoms with Crippen LogP contribution in [0.15, 0.2) is 23.8 Å². The molecule has 0 radical (unpaired) electrons. The van der Waals surface area contributed by atoms with Crippen LogP contribution in [0.1, 0.15) is 16.8 Å². The van der Waals surface area contributed by atoms with Gasteiger partial charge in [-0.3, -0.25) is 4.79 Å². The van der Waals surface area contributed by atoms with Gasteiger partial charge in [0.25, 0.3) is 0 Å². The van der Waals surface area contributed by atoms with Crippen LogP contribution < -0.4 is 0 Å². The van der Waals surface area contributed by atoms with Crippen molar-refractivity contribution in [3.63, 3.8) is 0 Å². The highest BCUT2D eigenvalue weighted by atomic mass is 35.5. The van der Waals surface area contributed by atoms with Crippen molar-refractivity contribution < 1.29 is 9.82 Å². The Morgan fingerprint density at radius 3 is 2.53 bits per heavy atom. The third-order valence-corrected chi connectivity index (χ3v) is 3.47. The quantitative estimate of drug-likeness (QED) is 0.528. The molecule has 0 saturated carbocycles. The van der Waals surface area contributed by atoms with Gasteiger partial charge in [-0.05, 0) is 37.5 Å². The molecule has 0 atom stereocenters. The van der Waals surface area contributed by atoms with Gasteiger partial charge < -0.3 is 9.83 Å². The van der Waals surface area contributed by atoms with Gasteiger partial charge in [0.15, 0.2) is 5.78 Å². The van der Waals surface area contributed by atoms with Crippen molar-refractivity contribution in [1.82, 2.24) is 9.79 Å². The summed E-state index contributed by atoms with van der Waals surface area (Å²) in [6.45, 7) is 2.93. The van der Waals surface area contributed by atoms with E-state index >= 15 is 0 Å². The standard InChI is InChI=1S/C12H13BCl2N2O2/c1-13(19)17-4-2-8(3-5-17)12(18)9-6-10(14)16-11(15)7-9/h2,6-7,19H,3-5H2,1H3. The maximum atomic E-state index is 12.3. The first-order chi connectivity index (χ1) is 8.97. The molecule has 1 aromatic heterocycles. The molecule has 100 valence electrons. The van der Waals surface area contributed by atoms with Crippen LogP contribution in [0.2, 0.25) is 17.1 Å². The third-order valence-electron chi connectivity index (χ3n) is 3.09. The highest BCUT2D eigenvalue weighted by Gasteiger charge is 2.22. The second-order valence-electron chi connectivity index (χ2n) is 4.44. The van der Waals surface area contributed by atoms with Gasteiger partial charge in [-0.2, -0.15) is 0 Å². The molecule has 1 aliphatic heterocycles. The van der Waals surface area contributed by atoms with E-state index in [-0.39, 0.29) is 16.1 Å². The van der Waals surface area contributed by atoms with Gasteiger partial charge in [0.05, 0.1) is 0 Å². The fraction of sp³-hybridized carbons (Fsp3) is 0.333. The maximum Gasteiger partial charge on any atom is 0.376 e. The van der Waals surface area contributed by atoms with E-state index in [2.05, 4.69) is 4.98 Å². The largest absolute Gasteiger partial charge is 0.437 e. The van der Waals surface area contributed by atoms with E-state index in [1.807, 2.05) is 10.9 Å². The second-order valence-corrected chi connectivity index (χ2v) is 5.21. The first-order valence-electron chi connectivity index (χ1n) is 5.96. The van der Waals surface area contributed by atoms with E-state index in [4.69, 9.17) is 23.2 Å². The molecule has 1 aromatic rings. The molecule has 0 unspecified atom stereocenters. The molecular formula is C12H13BCl2N2O2. The van der Waals surface area contributed by atoms with Crippen molar-refractivity contribution in [1.29, 1.82) is 0 Å². The number of aromatic nitrogens is 1. The number of nitrogens with zero attached hydrogens (tertiary/aromatic N) is 2. The van der Waals surface area contributed by atoms with Crippen LogP contribution >= 0.6 is 23.2 Å². The smallest absolute Gasteiger partial charge is 0.376 e. The Hall–Kier alpha value is -0.875. The molecule has 0 spiro atoms. The van der Waals surface area contributed by atoms with Crippen molar-refractivity contribution in [2.45, 2.75) is 13.2 Å². The molecule has 4 nitrogen and oxygen atoms in total. The molecule has 1 N–H and O–H groups in total. The lowest BCUT2D eigenvalue weighted by Crippen LogP contribution is -2.40. The monoisotopic (exact) mass is 298 g/mol. The van der Waals surface area contributed by atoms with Crippen LogP contribution in [0.4, 0.5) is 0 Å². The average Bonchev–Trinajstić information content (AvgIpc) is 2.37. The lowest BCUT2D eigenvalue weighted by molar-refractivity contribution is 0.102. The van der Waals surface area contributed by atoms with E-state index < -0.39 is 7.05 Å². The number of hydrogen-bond acceptors (Lipinski definition) is 4. The van der Waals surface area contributed by atoms with Crippen molar-refractivity contribution >= 4 is 36.0 Å². The first kappa shape index (κ1) is 14.5. The molecule has 2 heterocycles. The minimum atomic E-state index is -0.502. The molecule has 2 rings (SSSR count). The summed E-state index contributed by atoms with van der Waals surface area (Å²) >= 11 is 11.6. The summed E-state index contributed by atoms with van der Waals surface area (Å²) in [7, 11) is -0.502. The lowest BCUT2D eigenvalue weighted by atomic mass is 9.82. The molecule has 0 amide bonds. The van der Waals surface area contributed by atoms with Crippen molar-refractivity contribution in [2.75, 3.05) is 13.1 Å². The summed E-state index contributed by atoms with van der Waals surface area (Å²) < 4.78 is 0. The number of carbonyl (C=O) groups is 1. The minimum Gasteiger partial charge on any atom is -0.437 e. The fourth-order valence-corrected chi connectivity index (χ4v) is 2.47. The van der Waals surface area contributed by atoms with Gasteiger partial charge in [0.2, 0.25) is 0 Å². The SMILES string of the molecule is CB(O)N1CC=C(C(=O)c2cc(Cl)nc(Cl)c2)CC1. The molecule has 0 bridgehead atoms. The Morgan fingerprint density at radius 2 is 2.05 bits per heavy atom. The zero-order valence-corrected chi connectivity index (χ0v) is 11.9. The van der Waals surface area contributed by atoms with Crippen molar-refractivity contribution in [2.24, 2.45) is 0 Å². The predicted octanol–water partition coefficient (Wildman–Crippen LogP) is 2.31. The average molecular weight is 299 g/mol. The molecule has 7 heteroatoms. The van der Waals surface area contributed by atoms with Gasteiger partial charge in [-0.15, -0.1) is 0 Å². The number of hydrogen-bond donors (Lipinski definition) is 1. The van der Waals surface area contributed by atoms with Crippen molar-refractivity contribution in [3.8, 4) is 0 Å². The second kappa shape index (κ2) is 6.05.